The van der Waals surface area contributed by atoms with Crippen LogP contribution in [0.15, 0.2) is 30.9 Å². The first kappa shape index (κ1) is 22.8. The van der Waals surface area contributed by atoms with Crippen LogP contribution in [0.25, 0.3) is 11.2 Å². The summed E-state index contributed by atoms with van der Waals surface area (Å²) in [4.78, 5) is 25.4. The van der Waals surface area contributed by atoms with Crippen LogP contribution >= 0.6 is 0 Å². The molecular formula is C24H30N4O5Si. The predicted molar refractivity (Wildman–Crippen MR) is 128 cm³/mol. The Bertz CT molecular complexity index is 1240. The lowest BCUT2D eigenvalue weighted by Crippen LogP contribution is -2.22. The van der Waals surface area contributed by atoms with E-state index >= 15 is 0 Å². The minimum absolute atomic E-state index is 0.0342. The van der Waals surface area contributed by atoms with Crippen LogP contribution in [0.3, 0.4) is 0 Å². The third-order valence-electron chi connectivity index (χ3n) is 6.71. The van der Waals surface area contributed by atoms with Crippen LogP contribution in [0.5, 0.6) is 17.4 Å². The summed E-state index contributed by atoms with van der Waals surface area (Å²) in [5.41, 5.74) is 1.39. The Morgan fingerprint density at radius 3 is 2.82 bits per heavy atom. The summed E-state index contributed by atoms with van der Waals surface area (Å²) in [5, 5.41) is 10.4. The van der Waals surface area contributed by atoms with E-state index in [0.29, 0.717) is 48.3 Å². The molecule has 2 heterocycles. The van der Waals surface area contributed by atoms with Crippen molar-refractivity contribution in [3.05, 3.63) is 36.4 Å². The zero-order valence-electron chi connectivity index (χ0n) is 19.9. The van der Waals surface area contributed by atoms with Gasteiger partial charge in [0.15, 0.2) is 11.2 Å². The number of imidazole rings is 1. The van der Waals surface area contributed by atoms with Crippen molar-refractivity contribution in [2.45, 2.75) is 51.7 Å². The van der Waals surface area contributed by atoms with Crippen molar-refractivity contribution in [2.24, 2.45) is 11.3 Å². The van der Waals surface area contributed by atoms with E-state index < -0.39 is 13.5 Å². The molecule has 180 valence electrons. The fourth-order valence-electron chi connectivity index (χ4n) is 4.56. The molecule has 0 saturated heterocycles. The maximum Gasteiger partial charge on any atom is 0.313 e. The van der Waals surface area contributed by atoms with Crippen LogP contribution in [0, 0.1) is 11.3 Å². The van der Waals surface area contributed by atoms with E-state index in [9.17, 15) is 9.90 Å². The number of phenols is 1. The summed E-state index contributed by atoms with van der Waals surface area (Å²) in [6.07, 6.45) is 3.92. The fraction of sp³-hybridized carbons (Fsp3) is 0.500. The van der Waals surface area contributed by atoms with Gasteiger partial charge >= 0.3 is 5.97 Å². The van der Waals surface area contributed by atoms with Gasteiger partial charge in [-0.15, -0.1) is 0 Å². The topological polar surface area (TPSA) is 109 Å². The average molecular weight is 483 g/mol. The number of rotatable bonds is 10. The molecule has 34 heavy (non-hydrogen) atoms. The lowest BCUT2D eigenvalue weighted by atomic mass is 9.96. The lowest BCUT2D eigenvalue weighted by Gasteiger charge is -2.15. The molecule has 3 aromatic rings. The molecule has 5 rings (SSSR count). The number of fused-ring (bicyclic) bond motifs is 2. The number of phenolic OH excluding ortho intramolecular Hbond substituents is 1. The van der Waals surface area contributed by atoms with Gasteiger partial charge in [0.25, 0.3) is 5.88 Å². The van der Waals surface area contributed by atoms with Gasteiger partial charge in [0, 0.05) is 26.2 Å². The maximum absolute atomic E-state index is 12.4. The monoisotopic (exact) mass is 482 g/mol. The number of benzene rings is 1. The molecule has 0 amide bonds. The lowest BCUT2D eigenvalue weighted by molar-refractivity contribution is -0.147. The molecule has 2 aliphatic rings. The van der Waals surface area contributed by atoms with E-state index in [1.165, 1.54) is 6.33 Å². The molecule has 0 unspecified atom stereocenters. The number of hydrogen-bond donors (Lipinski definition) is 1. The summed E-state index contributed by atoms with van der Waals surface area (Å²) < 4.78 is 19.0. The first-order valence-corrected chi connectivity index (χ1v) is 15.4. The predicted octanol–water partition coefficient (Wildman–Crippen LogP) is 4.30. The highest BCUT2D eigenvalue weighted by Crippen LogP contribution is 2.85. The molecule has 2 saturated carbocycles. The van der Waals surface area contributed by atoms with Crippen molar-refractivity contribution < 1.29 is 24.1 Å². The van der Waals surface area contributed by atoms with Crippen LogP contribution in [0.4, 0.5) is 0 Å². The highest BCUT2D eigenvalue weighted by atomic mass is 28.3. The van der Waals surface area contributed by atoms with Crippen LogP contribution in [0.2, 0.25) is 25.7 Å². The largest absolute Gasteiger partial charge is 0.508 e. The average Bonchev–Trinajstić information content (AvgIpc) is 3.62. The van der Waals surface area contributed by atoms with Crippen LogP contribution in [0.1, 0.15) is 24.8 Å². The Hall–Kier alpha value is -2.98. The smallest absolute Gasteiger partial charge is 0.313 e. The molecule has 9 nitrogen and oxygen atoms in total. The van der Waals surface area contributed by atoms with E-state index in [2.05, 4.69) is 34.6 Å². The van der Waals surface area contributed by atoms with Crippen LogP contribution in [-0.4, -0.2) is 51.9 Å². The van der Waals surface area contributed by atoms with Crippen molar-refractivity contribution in [1.29, 1.82) is 0 Å². The van der Waals surface area contributed by atoms with Gasteiger partial charge < -0.3 is 19.3 Å². The highest BCUT2D eigenvalue weighted by molar-refractivity contribution is 6.76. The van der Waals surface area contributed by atoms with Crippen molar-refractivity contribution in [2.75, 3.05) is 13.2 Å². The van der Waals surface area contributed by atoms with Gasteiger partial charge in [-0.25, -0.2) is 9.97 Å². The van der Waals surface area contributed by atoms with Gasteiger partial charge in [0.2, 0.25) is 0 Å². The Labute approximate surface area is 199 Å². The van der Waals surface area contributed by atoms with Crippen molar-refractivity contribution >= 4 is 25.2 Å². The summed E-state index contributed by atoms with van der Waals surface area (Å²) in [7, 11) is -1.15. The zero-order chi connectivity index (χ0) is 24.1. The third-order valence-corrected chi connectivity index (χ3v) is 8.41. The molecule has 1 aromatic carbocycles. The standard InChI is InChI=1S/C24H30N4O5Si/c1-5-32-23(30)24-11-17(24)19(24)16-10-15(6-7-18(16)29)33-22-20-21(25-12-26-22)28(13-27-20)14-31-8-9-34(2,3)4/h6-7,10,12-13,17,19,29H,5,8-9,11,14H2,1-4H3/t17-,19+,24-/m0/s1. The Morgan fingerprint density at radius 2 is 2.09 bits per heavy atom. The molecule has 0 aliphatic heterocycles. The van der Waals surface area contributed by atoms with E-state index in [1.807, 2.05) is 4.57 Å². The number of carbonyl (C=O) groups excluding carboxylic acids is 1. The number of nitrogens with zero attached hydrogens (tertiary/aromatic N) is 4. The minimum Gasteiger partial charge on any atom is -0.508 e. The van der Waals surface area contributed by atoms with E-state index in [1.54, 1.807) is 31.5 Å². The first-order valence-electron chi connectivity index (χ1n) is 11.7. The third kappa shape index (κ3) is 4.05. The number of hydrogen-bond acceptors (Lipinski definition) is 8. The van der Waals surface area contributed by atoms with Crippen LogP contribution in [-0.2, 0) is 21.0 Å². The van der Waals surface area contributed by atoms with Gasteiger partial charge in [-0.1, -0.05) is 19.6 Å². The van der Waals surface area contributed by atoms with Crippen LogP contribution < -0.4 is 4.74 Å². The SMILES string of the molecule is CCOC(=O)[C@@]12C[C@H]1[C@H]2c1cc(Oc2ncnc3c2ncn3COCC[Si](C)(C)C)ccc1O. The quantitative estimate of drug-likeness (QED) is 0.259. The summed E-state index contributed by atoms with van der Waals surface area (Å²) >= 11 is 0. The number of aromatic nitrogens is 4. The highest BCUT2D eigenvalue weighted by Gasteiger charge is 2.84. The molecule has 10 heteroatoms. The molecule has 2 aliphatic carbocycles. The number of esters is 1. The van der Waals surface area contributed by atoms with Gasteiger partial charge in [-0.3, -0.25) is 9.36 Å². The zero-order valence-corrected chi connectivity index (χ0v) is 20.9. The molecular weight excluding hydrogens is 452 g/mol. The summed E-state index contributed by atoms with van der Waals surface area (Å²) in [5.74, 6) is 1.01. The molecule has 3 atom stereocenters. The minimum atomic E-state index is -1.15. The Balaban J connectivity index is 1.31. The fourth-order valence-corrected chi connectivity index (χ4v) is 5.31. The maximum atomic E-state index is 12.4. The summed E-state index contributed by atoms with van der Waals surface area (Å²) in [6, 6.07) is 6.13. The molecule has 1 N–H and O–H groups in total. The second-order valence-corrected chi connectivity index (χ2v) is 15.9. The van der Waals surface area contributed by atoms with Gasteiger partial charge in [-0.05, 0) is 43.5 Å². The number of aromatic hydroxyl groups is 1. The molecule has 0 bridgehead atoms. The van der Waals surface area contributed by atoms with E-state index in [4.69, 9.17) is 14.2 Å². The molecule has 2 aromatic heterocycles. The van der Waals surface area contributed by atoms with E-state index in [0.717, 1.165) is 12.5 Å². The number of ether oxygens (including phenoxy) is 3. The Morgan fingerprint density at radius 1 is 1.26 bits per heavy atom. The first-order chi connectivity index (χ1) is 16.2. The van der Waals surface area contributed by atoms with E-state index in [-0.39, 0.29) is 23.6 Å². The van der Waals surface area contributed by atoms with Gasteiger partial charge in [-0.2, -0.15) is 4.98 Å². The molecule has 0 radical (unpaired) electrons. The molecule has 0 spiro atoms. The van der Waals surface area contributed by atoms with Crippen molar-refractivity contribution in [3.63, 3.8) is 0 Å². The van der Waals surface area contributed by atoms with Gasteiger partial charge in [0.1, 0.15) is 24.6 Å². The second kappa shape index (κ2) is 8.35. The Kier molecular flexibility index (Phi) is 5.60. The van der Waals surface area contributed by atoms with Crippen molar-refractivity contribution in [3.8, 4) is 17.4 Å². The second-order valence-electron chi connectivity index (χ2n) is 10.3. The normalized spacial score (nSPS) is 22.9. The van der Waals surface area contributed by atoms with Crippen molar-refractivity contribution in [1.82, 2.24) is 19.5 Å². The summed E-state index contributed by atoms with van der Waals surface area (Å²) in [6.45, 7) is 10.2. The van der Waals surface area contributed by atoms with Gasteiger partial charge in [0.05, 0.1) is 18.3 Å². The number of carbonyl (C=O) groups is 1. The molecule has 2 fully saturated rings.